The van der Waals surface area contributed by atoms with Crippen molar-refractivity contribution >= 4 is 11.8 Å². The fraction of sp³-hybridized carbons (Fsp3) is 0.857. The first-order chi connectivity index (χ1) is 8.16. The van der Waals surface area contributed by atoms with E-state index in [0.29, 0.717) is 6.42 Å². The van der Waals surface area contributed by atoms with Crippen LogP contribution in [0.1, 0.15) is 47.5 Å². The molecule has 0 aromatic carbocycles. The van der Waals surface area contributed by atoms with E-state index in [1.165, 1.54) is 0 Å². The van der Waals surface area contributed by atoms with Crippen molar-refractivity contribution < 1.29 is 9.59 Å². The first kappa shape index (κ1) is 13.4. The number of hydrogen-bond donors (Lipinski definition) is 2. The molecule has 1 saturated heterocycles. The van der Waals surface area contributed by atoms with Gasteiger partial charge in [-0.3, -0.25) is 9.59 Å². The van der Waals surface area contributed by atoms with Crippen molar-refractivity contribution in [3.63, 3.8) is 0 Å². The average Bonchev–Trinajstić information content (AvgIpc) is 2.59. The minimum absolute atomic E-state index is 0.0109. The quantitative estimate of drug-likeness (QED) is 0.781. The number of rotatable bonds is 2. The van der Waals surface area contributed by atoms with Crippen LogP contribution >= 0.6 is 0 Å². The number of carbonyl (C=O) groups excluding carboxylic acids is 2. The van der Waals surface area contributed by atoms with E-state index in [9.17, 15) is 9.59 Å². The summed E-state index contributed by atoms with van der Waals surface area (Å²) in [6.45, 7) is 10.7. The molecule has 0 radical (unpaired) electrons. The zero-order valence-corrected chi connectivity index (χ0v) is 12.0. The van der Waals surface area contributed by atoms with E-state index in [2.05, 4.69) is 38.3 Å². The summed E-state index contributed by atoms with van der Waals surface area (Å²) in [6.07, 6.45) is 1.27. The Morgan fingerprint density at radius 2 is 1.83 bits per heavy atom. The Hall–Kier alpha value is -1.06. The van der Waals surface area contributed by atoms with Crippen LogP contribution in [0.25, 0.3) is 0 Å². The summed E-state index contributed by atoms with van der Waals surface area (Å²) in [6, 6.07) is -0.153. The van der Waals surface area contributed by atoms with Crippen LogP contribution in [0, 0.1) is 16.7 Å². The molecule has 4 nitrogen and oxygen atoms in total. The Bertz CT molecular complexity index is 373. The van der Waals surface area contributed by atoms with E-state index >= 15 is 0 Å². The fourth-order valence-electron chi connectivity index (χ4n) is 3.09. The minimum atomic E-state index is -0.353. The Labute approximate surface area is 109 Å². The molecule has 0 unspecified atom stereocenters. The van der Waals surface area contributed by atoms with E-state index in [0.717, 1.165) is 6.42 Å². The highest BCUT2D eigenvalue weighted by molar-refractivity contribution is 5.89. The molecular formula is C14H24N2O2. The predicted octanol–water partition coefficient (Wildman–Crippen LogP) is 1.45. The molecule has 1 heterocycles. The van der Waals surface area contributed by atoms with E-state index < -0.39 is 0 Å². The van der Waals surface area contributed by atoms with Gasteiger partial charge in [0.05, 0.1) is 0 Å². The van der Waals surface area contributed by atoms with Gasteiger partial charge < -0.3 is 10.6 Å². The molecule has 4 heteroatoms. The Balaban J connectivity index is 1.95. The van der Waals surface area contributed by atoms with Gasteiger partial charge in [0, 0.05) is 12.5 Å². The Kier molecular flexibility index (Phi) is 2.95. The number of carbonyl (C=O) groups is 2. The lowest BCUT2D eigenvalue weighted by Gasteiger charge is -2.27. The van der Waals surface area contributed by atoms with Crippen LogP contribution < -0.4 is 10.6 Å². The molecule has 102 valence electrons. The van der Waals surface area contributed by atoms with Crippen molar-refractivity contribution in [3.8, 4) is 0 Å². The van der Waals surface area contributed by atoms with Crippen LogP contribution in [0.4, 0.5) is 0 Å². The standard InChI is InChI=1S/C14H24N2O2/c1-8-6-9(15-10(17)7-8)11(18)16-12-13(2,3)14(12,4)5/h8-9,12H,6-7H2,1-5H3,(H,15,17)(H,16,18)/t8-,9-/m0/s1. The third-order valence-electron chi connectivity index (χ3n) is 5.13. The monoisotopic (exact) mass is 252 g/mol. The van der Waals surface area contributed by atoms with Gasteiger partial charge in [-0.25, -0.2) is 0 Å². The zero-order valence-electron chi connectivity index (χ0n) is 12.0. The predicted molar refractivity (Wildman–Crippen MR) is 69.8 cm³/mol. The SMILES string of the molecule is C[C@@H]1CC(=O)N[C@H](C(=O)NC2C(C)(C)C2(C)C)C1. The second-order valence-electron chi connectivity index (χ2n) is 7.05. The van der Waals surface area contributed by atoms with E-state index in [1.807, 2.05) is 6.92 Å². The molecule has 0 spiro atoms. The molecule has 1 aliphatic carbocycles. The van der Waals surface area contributed by atoms with Crippen molar-refractivity contribution in [3.05, 3.63) is 0 Å². The molecule has 2 atom stereocenters. The maximum atomic E-state index is 12.2. The summed E-state index contributed by atoms with van der Waals surface area (Å²) < 4.78 is 0. The van der Waals surface area contributed by atoms with Crippen LogP contribution in [0.15, 0.2) is 0 Å². The number of amides is 2. The molecule has 2 amide bonds. The molecule has 2 fully saturated rings. The van der Waals surface area contributed by atoms with Gasteiger partial charge in [0.1, 0.15) is 6.04 Å². The number of nitrogens with one attached hydrogen (secondary N) is 2. The molecule has 0 aromatic rings. The molecule has 2 aliphatic rings. The lowest BCUT2D eigenvalue weighted by Crippen LogP contribution is -2.52. The lowest BCUT2D eigenvalue weighted by atomic mass is 9.93. The van der Waals surface area contributed by atoms with Crippen LogP contribution in [0.5, 0.6) is 0 Å². The molecule has 0 aromatic heterocycles. The Morgan fingerprint density at radius 1 is 1.28 bits per heavy atom. The normalized spacial score (nSPS) is 33.7. The number of hydrogen-bond acceptors (Lipinski definition) is 2. The second kappa shape index (κ2) is 3.97. The summed E-state index contributed by atoms with van der Waals surface area (Å²) in [7, 11) is 0. The molecule has 0 bridgehead atoms. The van der Waals surface area contributed by atoms with E-state index in [1.54, 1.807) is 0 Å². The van der Waals surface area contributed by atoms with Crippen LogP contribution in [0.2, 0.25) is 0 Å². The summed E-state index contributed by atoms with van der Waals surface area (Å²) in [5.41, 5.74) is 0.264. The van der Waals surface area contributed by atoms with Crippen molar-refractivity contribution in [1.82, 2.24) is 10.6 Å². The first-order valence-corrected chi connectivity index (χ1v) is 6.76. The van der Waals surface area contributed by atoms with Gasteiger partial charge in [0.25, 0.3) is 0 Å². The maximum Gasteiger partial charge on any atom is 0.242 e. The molecule has 2 N–H and O–H groups in total. The lowest BCUT2D eigenvalue weighted by molar-refractivity contribution is -0.132. The summed E-state index contributed by atoms with van der Waals surface area (Å²) in [5, 5.41) is 5.87. The third kappa shape index (κ3) is 2.02. The van der Waals surface area contributed by atoms with Gasteiger partial charge in [-0.1, -0.05) is 34.6 Å². The van der Waals surface area contributed by atoms with Crippen molar-refractivity contribution in [1.29, 1.82) is 0 Å². The molecule has 1 saturated carbocycles. The van der Waals surface area contributed by atoms with Crippen molar-refractivity contribution in [2.75, 3.05) is 0 Å². The Morgan fingerprint density at radius 3 is 2.28 bits per heavy atom. The van der Waals surface area contributed by atoms with Gasteiger partial charge in [0.15, 0.2) is 0 Å². The molecule has 18 heavy (non-hydrogen) atoms. The molecular weight excluding hydrogens is 228 g/mol. The molecule has 2 rings (SSSR count). The van der Waals surface area contributed by atoms with Gasteiger partial charge >= 0.3 is 0 Å². The van der Waals surface area contributed by atoms with Crippen molar-refractivity contribution in [2.24, 2.45) is 16.7 Å². The maximum absolute atomic E-state index is 12.2. The average molecular weight is 252 g/mol. The van der Waals surface area contributed by atoms with Gasteiger partial charge in [-0.15, -0.1) is 0 Å². The first-order valence-electron chi connectivity index (χ1n) is 6.76. The molecule has 1 aliphatic heterocycles. The topological polar surface area (TPSA) is 58.2 Å². The number of piperidine rings is 1. The summed E-state index contributed by atoms with van der Waals surface area (Å²) >= 11 is 0. The highest BCUT2D eigenvalue weighted by Crippen LogP contribution is 2.62. The highest BCUT2D eigenvalue weighted by Gasteiger charge is 2.65. The van der Waals surface area contributed by atoms with Gasteiger partial charge in [-0.2, -0.15) is 0 Å². The van der Waals surface area contributed by atoms with Crippen LogP contribution in [0.3, 0.4) is 0 Å². The minimum Gasteiger partial charge on any atom is -0.350 e. The third-order valence-corrected chi connectivity index (χ3v) is 5.13. The van der Waals surface area contributed by atoms with Crippen molar-refractivity contribution in [2.45, 2.75) is 59.5 Å². The van der Waals surface area contributed by atoms with Gasteiger partial charge in [0.2, 0.25) is 11.8 Å². The smallest absolute Gasteiger partial charge is 0.242 e. The second-order valence-corrected chi connectivity index (χ2v) is 7.05. The van der Waals surface area contributed by atoms with E-state index in [-0.39, 0.29) is 40.6 Å². The fourth-order valence-corrected chi connectivity index (χ4v) is 3.09. The highest BCUT2D eigenvalue weighted by atomic mass is 16.2. The van der Waals surface area contributed by atoms with Crippen LogP contribution in [-0.4, -0.2) is 23.9 Å². The zero-order chi connectivity index (χ0) is 13.7. The van der Waals surface area contributed by atoms with Crippen LogP contribution in [-0.2, 0) is 9.59 Å². The summed E-state index contributed by atoms with van der Waals surface area (Å²) in [5.74, 6) is 0.247. The summed E-state index contributed by atoms with van der Waals surface area (Å²) in [4.78, 5) is 23.6. The van der Waals surface area contributed by atoms with E-state index in [4.69, 9.17) is 0 Å². The van der Waals surface area contributed by atoms with Gasteiger partial charge in [-0.05, 0) is 23.2 Å². The largest absolute Gasteiger partial charge is 0.350 e.